The molecule has 2 heterocycles. The lowest BCUT2D eigenvalue weighted by molar-refractivity contribution is 0.0475. The Morgan fingerprint density at radius 2 is 1.73 bits per heavy atom. The number of aromatic nitrogens is 2. The third-order valence-corrected chi connectivity index (χ3v) is 6.13. The summed E-state index contributed by atoms with van der Waals surface area (Å²) in [5.41, 5.74) is 2.92. The van der Waals surface area contributed by atoms with Crippen molar-refractivity contribution in [1.29, 1.82) is 0 Å². The summed E-state index contributed by atoms with van der Waals surface area (Å²) >= 11 is 1.28. The number of hydrogen-bond donors (Lipinski definition) is 1. The number of nitrogens with one attached hydrogen (secondary N) is 1. The molecule has 4 aromatic rings. The van der Waals surface area contributed by atoms with Crippen molar-refractivity contribution in [2.24, 2.45) is 0 Å². The zero-order chi connectivity index (χ0) is 23.2. The van der Waals surface area contributed by atoms with Gasteiger partial charge in [0.1, 0.15) is 28.5 Å². The van der Waals surface area contributed by atoms with Crippen molar-refractivity contribution in [3.05, 3.63) is 82.5 Å². The van der Waals surface area contributed by atoms with Crippen molar-refractivity contribution in [1.82, 2.24) is 9.97 Å². The highest BCUT2D eigenvalue weighted by Crippen LogP contribution is 2.35. The molecular formula is C25H23N3O4S. The highest BCUT2D eigenvalue weighted by Gasteiger charge is 2.20. The smallest absolute Gasteiger partial charge is 0.349 e. The van der Waals surface area contributed by atoms with E-state index in [9.17, 15) is 9.59 Å². The fraction of sp³-hybridized carbons (Fsp3) is 0.200. The standard InChI is InChI=1S/C25H23N3O4S/c1-3-13-31-24(29)18-9-11-19(12-10-18)28-22-20-16(2)21(33-23(20)27-15-26-22)25(30)32-14-17-7-5-4-6-8-17/h4-12,15H,3,13-14H2,1-2H3,(H,26,27,28). The van der Waals surface area contributed by atoms with Crippen molar-refractivity contribution in [3.8, 4) is 0 Å². The average Bonchev–Trinajstić information content (AvgIpc) is 3.19. The lowest BCUT2D eigenvalue weighted by Gasteiger charge is -2.09. The molecule has 8 heteroatoms. The fourth-order valence-corrected chi connectivity index (χ4v) is 4.30. The molecule has 0 amide bonds. The minimum atomic E-state index is -0.389. The molecule has 0 atom stereocenters. The first-order valence-corrected chi connectivity index (χ1v) is 11.4. The molecule has 2 aromatic carbocycles. The summed E-state index contributed by atoms with van der Waals surface area (Å²) in [6, 6.07) is 16.5. The Bertz CT molecular complexity index is 1270. The van der Waals surface area contributed by atoms with Gasteiger partial charge in [-0.1, -0.05) is 37.3 Å². The summed E-state index contributed by atoms with van der Waals surface area (Å²) in [7, 11) is 0. The van der Waals surface area contributed by atoms with Crippen LogP contribution in [0.1, 0.15) is 44.5 Å². The third kappa shape index (κ3) is 5.18. The molecule has 0 saturated heterocycles. The number of thiophene rings is 1. The van der Waals surface area contributed by atoms with Crippen LogP contribution in [-0.4, -0.2) is 28.5 Å². The lowest BCUT2D eigenvalue weighted by atomic mass is 10.2. The molecule has 0 aliphatic rings. The number of aryl methyl sites for hydroxylation is 1. The highest BCUT2D eigenvalue weighted by atomic mass is 32.1. The summed E-state index contributed by atoms with van der Waals surface area (Å²) in [6.07, 6.45) is 2.23. The van der Waals surface area contributed by atoms with Gasteiger partial charge in [0.15, 0.2) is 0 Å². The highest BCUT2D eigenvalue weighted by molar-refractivity contribution is 7.20. The Hall–Kier alpha value is -3.78. The Morgan fingerprint density at radius 1 is 0.970 bits per heavy atom. The average molecular weight is 462 g/mol. The first-order chi connectivity index (χ1) is 16.1. The number of benzene rings is 2. The molecule has 0 radical (unpaired) electrons. The topological polar surface area (TPSA) is 90.4 Å². The summed E-state index contributed by atoms with van der Waals surface area (Å²) in [5, 5.41) is 4.02. The van der Waals surface area contributed by atoms with E-state index >= 15 is 0 Å². The zero-order valence-corrected chi connectivity index (χ0v) is 19.1. The molecule has 0 fully saturated rings. The molecule has 33 heavy (non-hydrogen) atoms. The van der Waals surface area contributed by atoms with E-state index in [1.165, 1.54) is 17.7 Å². The number of ether oxygens (including phenoxy) is 2. The number of anilines is 2. The first kappa shape index (κ1) is 22.4. The van der Waals surface area contributed by atoms with Gasteiger partial charge in [-0.3, -0.25) is 0 Å². The summed E-state index contributed by atoms with van der Waals surface area (Å²) in [6.45, 7) is 4.41. The van der Waals surface area contributed by atoms with Crippen LogP contribution in [-0.2, 0) is 16.1 Å². The van der Waals surface area contributed by atoms with E-state index < -0.39 is 0 Å². The second kappa shape index (κ2) is 10.2. The van der Waals surface area contributed by atoms with E-state index in [-0.39, 0.29) is 18.5 Å². The molecular weight excluding hydrogens is 438 g/mol. The van der Waals surface area contributed by atoms with Crippen LogP contribution < -0.4 is 5.32 Å². The maximum Gasteiger partial charge on any atom is 0.349 e. The second-order valence-electron chi connectivity index (χ2n) is 7.36. The van der Waals surface area contributed by atoms with E-state index in [0.717, 1.165) is 28.6 Å². The van der Waals surface area contributed by atoms with Crippen LogP contribution in [0.25, 0.3) is 10.2 Å². The summed E-state index contributed by atoms with van der Waals surface area (Å²) in [5.74, 6) is -0.155. The molecule has 0 spiro atoms. The Kier molecular flexibility index (Phi) is 6.95. The fourth-order valence-electron chi connectivity index (χ4n) is 3.25. The molecule has 4 rings (SSSR count). The van der Waals surface area contributed by atoms with Crippen LogP contribution in [0.4, 0.5) is 11.5 Å². The van der Waals surface area contributed by atoms with Crippen LogP contribution >= 0.6 is 11.3 Å². The van der Waals surface area contributed by atoms with Crippen LogP contribution in [0, 0.1) is 6.92 Å². The monoisotopic (exact) mass is 461 g/mol. The summed E-state index contributed by atoms with van der Waals surface area (Å²) in [4.78, 5) is 34.6. The van der Waals surface area contributed by atoms with Crippen molar-refractivity contribution in [3.63, 3.8) is 0 Å². The van der Waals surface area contributed by atoms with Gasteiger partial charge in [-0.2, -0.15) is 0 Å². The Labute approximate surface area is 195 Å². The molecule has 0 aliphatic carbocycles. The number of esters is 2. The predicted molar refractivity (Wildman–Crippen MR) is 128 cm³/mol. The number of carbonyl (C=O) groups excluding carboxylic acids is 2. The van der Waals surface area contributed by atoms with Gasteiger partial charge in [-0.15, -0.1) is 11.3 Å². The molecule has 0 aliphatic heterocycles. The van der Waals surface area contributed by atoms with Gasteiger partial charge < -0.3 is 14.8 Å². The van der Waals surface area contributed by atoms with Crippen molar-refractivity contribution >= 4 is 45.0 Å². The molecule has 168 valence electrons. The van der Waals surface area contributed by atoms with Crippen LogP contribution in [0.2, 0.25) is 0 Å². The molecule has 2 aromatic heterocycles. The second-order valence-corrected chi connectivity index (χ2v) is 8.36. The maximum atomic E-state index is 12.7. The Morgan fingerprint density at radius 3 is 2.45 bits per heavy atom. The summed E-state index contributed by atoms with van der Waals surface area (Å²) < 4.78 is 10.7. The largest absolute Gasteiger partial charge is 0.462 e. The van der Waals surface area contributed by atoms with E-state index in [2.05, 4.69) is 15.3 Å². The van der Waals surface area contributed by atoms with Gasteiger partial charge in [0.05, 0.1) is 17.6 Å². The van der Waals surface area contributed by atoms with Gasteiger partial charge in [-0.05, 0) is 48.7 Å². The predicted octanol–water partition coefficient (Wildman–Crippen LogP) is 5.67. The number of rotatable bonds is 8. The Balaban J connectivity index is 1.52. The van der Waals surface area contributed by atoms with Gasteiger partial charge in [-0.25, -0.2) is 19.6 Å². The maximum absolute atomic E-state index is 12.7. The minimum Gasteiger partial charge on any atom is -0.462 e. The third-order valence-electron chi connectivity index (χ3n) is 4.95. The normalized spacial score (nSPS) is 10.7. The molecule has 0 bridgehead atoms. The van der Waals surface area contributed by atoms with Gasteiger partial charge in [0, 0.05) is 5.69 Å². The molecule has 7 nitrogen and oxygen atoms in total. The van der Waals surface area contributed by atoms with Gasteiger partial charge in [0.2, 0.25) is 0 Å². The van der Waals surface area contributed by atoms with Gasteiger partial charge in [0.25, 0.3) is 0 Å². The SMILES string of the molecule is CCCOC(=O)c1ccc(Nc2ncnc3sc(C(=O)OCc4ccccc4)c(C)c23)cc1. The van der Waals surface area contributed by atoms with Gasteiger partial charge >= 0.3 is 11.9 Å². The molecule has 0 unspecified atom stereocenters. The molecule has 1 N–H and O–H groups in total. The van der Waals surface area contributed by atoms with E-state index in [0.29, 0.717) is 27.7 Å². The van der Waals surface area contributed by atoms with E-state index in [1.54, 1.807) is 24.3 Å². The first-order valence-electron chi connectivity index (χ1n) is 10.6. The van der Waals surface area contributed by atoms with Crippen molar-refractivity contribution in [2.45, 2.75) is 26.9 Å². The van der Waals surface area contributed by atoms with E-state index in [4.69, 9.17) is 9.47 Å². The lowest BCUT2D eigenvalue weighted by Crippen LogP contribution is -2.06. The number of fused-ring (bicyclic) bond motifs is 1. The zero-order valence-electron chi connectivity index (χ0n) is 18.3. The van der Waals surface area contributed by atoms with Crippen molar-refractivity contribution in [2.75, 3.05) is 11.9 Å². The van der Waals surface area contributed by atoms with Crippen LogP contribution in [0.15, 0.2) is 60.9 Å². The molecule has 0 saturated carbocycles. The van der Waals surface area contributed by atoms with Crippen molar-refractivity contribution < 1.29 is 19.1 Å². The number of hydrogen-bond acceptors (Lipinski definition) is 8. The minimum absolute atomic E-state index is 0.206. The number of nitrogens with zero attached hydrogens (tertiary/aromatic N) is 2. The van der Waals surface area contributed by atoms with E-state index in [1.807, 2.05) is 44.2 Å². The van der Waals surface area contributed by atoms with Crippen LogP contribution in [0.5, 0.6) is 0 Å². The van der Waals surface area contributed by atoms with Crippen LogP contribution in [0.3, 0.4) is 0 Å². The number of carbonyl (C=O) groups is 2. The quantitative estimate of drug-likeness (QED) is 0.338.